The van der Waals surface area contributed by atoms with Crippen molar-refractivity contribution in [3.8, 4) is 0 Å². The van der Waals surface area contributed by atoms with E-state index in [4.69, 9.17) is 0 Å². The van der Waals surface area contributed by atoms with Crippen LogP contribution in [0.2, 0.25) is 0 Å². The first kappa shape index (κ1) is 13.0. The minimum absolute atomic E-state index is 0.0724. The highest BCUT2D eigenvalue weighted by Gasteiger charge is 2.27. The van der Waals surface area contributed by atoms with Crippen LogP contribution in [0.25, 0.3) is 0 Å². The fourth-order valence-electron chi connectivity index (χ4n) is 1.63. The lowest BCUT2D eigenvalue weighted by atomic mass is 9.84. The van der Waals surface area contributed by atoms with E-state index in [1.807, 2.05) is 0 Å². The highest BCUT2D eigenvalue weighted by atomic mass is 32.1. The molecule has 0 radical (unpaired) electrons. The smallest absolute Gasteiger partial charge is 0.358 e. The molecule has 0 saturated carbocycles. The Kier molecular flexibility index (Phi) is 4.35. The van der Waals surface area contributed by atoms with Crippen LogP contribution in [0, 0.1) is 15.5 Å². The van der Waals surface area contributed by atoms with Crippen molar-refractivity contribution in [2.75, 3.05) is 5.75 Å². The van der Waals surface area contributed by atoms with Gasteiger partial charge in [-0.15, -0.1) is 0 Å². The predicted molar refractivity (Wildman–Crippen MR) is 65.7 cm³/mol. The lowest BCUT2D eigenvalue weighted by molar-refractivity contribution is -0.389. The summed E-state index contributed by atoms with van der Waals surface area (Å²) in [6.07, 6.45) is 3.63. The van der Waals surface area contributed by atoms with Gasteiger partial charge in [-0.25, -0.2) is 0 Å². The summed E-state index contributed by atoms with van der Waals surface area (Å²) in [6.45, 7) is 4.90. The summed E-state index contributed by atoms with van der Waals surface area (Å²) < 4.78 is 1.64. The van der Waals surface area contributed by atoms with Crippen LogP contribution < -0.4 is 0 Å². The molecule has 0 aliphatic carbocycles. The number of rotatable bonds is 6. The maximum absolute atomic E-state index is 10.5. The SMILES string of the molecule is CCC(CC)(CS)Cn1ccc([N+](=O)[O-])n1. The number of nitrogens with zero attached hydrogens (tertiary/aromatic N) is 3. The molecule has 0 fully saturated rings. The van der Waals surface area contributed by atoms with Crippen LogP contribution in [-0.2, 0) is 6.54 Å². The maximum Gasteiger partial charge on any atom is 0.389 e. The second-order valence-electron chi connectivity index (χ2n) is 3.99. The topological polar surface area (TPSA) is 61.0 Å². The number of hydrogen-bond acceptors (Lipinski definition) is 4. The van der Waals surface area contributed by atoms with Crippen molar-refractivity contribution in [1.82, 2.24) is 9.78 Å². The van der Waals surface area contributed by atoms with Crippen molar-refractivity contribution < 1.29 is 4.92 Å². The molecule has 90 valence electrons. The van der Waals surface area contributed by atoms with Crippen molar-refractivity contribution in [2.45, 2.75) is 33.2 Å². The predicted octanol–water partition coefficient (Wildman–Crippen LogP) is 2.53. The van der Waals surface area contributed by atoms with E-state index in [1.54, 1.807) is 10.9 Å². The largest absolute Gasteiger partial charge is 0.389 e. The van der Waals surface area contributed by atoms with E-state index in [-0.39, 0.29) is 11.2 Å². The number of hydrogen-bond donors (Lipinski definition) is 1. The molecular weight excluding hydrogens is 226 g/mol. The molecule has 1 heterocycles. The second kappa shape index (κ2) is 5.34. The van der Waals surface area contributed by atoms with Gasteiger partial charge in [0, 0.05) is 5.41 Å². The third-order valence-corrected chi connectivity index (χ3v) is 3.82. The van der Waals surface area contributed by atoms with Gasteiger partial charge in [0.1, 0.15) is 0 Å². The average Bonchev–Trinajstić information content (AvgIpc) is 2.74. The van der Waals surface area contributed by atoms with Gasteiger partial charge in [0.05, 0.1) is 23.9 Å². The van der Waals surface area contributed by atoms with Gasteiger partial charge in [0.2, 0.25) is 0 Å². The van der Waals surface area contributed by atoms with E-state index < -0.39 is 4.92 Å². The Balaban J connectivity index is 2.81. The summed E-state index contributed by atoms with van der Waals surface area (Å²) in [5.41, 5.74) is 0.0724. The first-order chi connectivity index (χ1) is 7.56. The zero-order valence-corrected chi connectivity index (χ0v) is 10.5. The number of aromatic nitrogens is 2. The molecule has 0 bridgehead atoms. The molecule has 6 heteroatoms. The summed E-state index contributed by atoms with van der Waals surface area (Å²) in [5, 5.41) is 14.4. The van der Waals surface area contributed by atoms with E-state index in [2.05, 4.69) is 31.6 Å². The maximum atomic E-state index is 10.5. The van der Waals surface area contributed by atoms with Crippen LogP contribution in [0.3, 0.4) is 0 Å². The second-order valence-corrected chi connectivity index (χ2v) is 4.31. The normalized spacial score (nSPS) is 11.7. The molecule has 0 saturated heterocycles. The molecule has 0 amide bonds. The first-order valence-electron chi connectivity index (χ1n) is 5.35. The number of thiol groups is 1. The van der Waals surface area contributed by atoms with Crippen LogP contribution in [0.1, 0.15) is 26.7 Å². The monoisotopic (exact) mass is 243 g/mol. The summed E-state index contributed by atoms with van der Waals surface area (Å²) in [7, 11) is 0. The summed E-state index contributed by atoms with van der Waals surface area (Å²) >= 11 is 4.36. The van der Waals surface area contributed by atoms with E-state index in [0.29, 0.717) is 6.54 Å². The van der Waals surface area contributed by atoms with Crippen LogP contribution >= 0.6 is 12.6 Å². The summed E-state index contributed by atoms with van der Waals surface area (Å²) in [4.78, 5) is 10.0. The zero-order chi connectivity index (χ0) is 12.2. The molecule has 16 heavy (non-hydrogen) atoms. The molecule has 1 rings (SSSR count). The zero-order valence-electron chi connectivity index (χ0n) is 9.59. The quantitative estimate of drug-likeness (QED) is 0.474. The van der Waals surface area contributed by atoms with Crippen molar-refractivity contribution in [1.29, 1.82) is 0 Å². The minimum atomic E-state index is -0.475. The van der Waals surface area contributed by atoms with Crippen LogP contribution in [0.5, 0.6) is 0 Å². The summed E-state index contributed by atoms with van der Waals surface area (Å²) in [5.74, 6) is 0.661. The van der Waals surface area contributed by atoms with Crippen LogP contribution in [0.4, 0.5) is 5.82 Å². The summed E-state index contributed by atoms with van der Waals surface area (Å²) in [6, 6.07) is 1.43. The Labute approximate surface area is 100 Å². The molecule has 0 aromatic carbocycles. The third kappa shape index (κ3) is 2.75. The van der Waals surface area contributed by atoms with Crippen LogP contribution in [0.15, 0.2) is 12.3 Å². The van der Waals surface area contributed by atoms with Crippen molar-refractivity contribution in [3.05, 3.63) is 22.4 Å². The molecule has 1 aromatic rings. The van der Waals surface area contributed by atoms with E-state index >= 15 is 0 Å². The molecule has 5 nitrogen and oxygen atoms in total. The van der Waals surface area contributed by atoms with Crippen molar-refractivity contribution in [2.24, 2.45) is 5.41 Å². The molecule has 0 N–H and O–H groups in total. The van der Waals surface area contributed by atoms with Gasteiger partial charge in [-0.3, -0.25) is 0 Å². The number of nitro groups is 1. The van der Waals surface area contributed by atoms with Crippen LogP contribution in [-0.4, -0.2) is 20.5 Å². The molecule has 0 unspecified atom stereocenters. The Hall–Kier alpha value is -1.04. The van der Waals surface area contributed by atoms with Gasteiger partial charge < -0.3 is 10.1 Å². The standard InChI is InChI=1S/C10H17N3O2S/c1-3-10(4-2,8-16)7-12-6-5-9(11-12)13(14)15/h5-6,16H,3-4,7-8H2,1-2H3. The minimum Gasteiger partial charge on any atom is -0.358 e. The molecule has 0 atom stereocenters. The fourth-order valence-corrected chi connectivity index (χ4v) is 2.17. The van der Waals surface area contributed by atoms with E-state index in [9.17, 15) is 10.1 Å². The average molecular weight is 243 g/mol. The third-order valence-electron chi connectivity index (χ3n) is 3.15. The Morgan fingerprint density at radius 1 is 1.56 bits per heavy atom. The van der Waals surface area contributed by atoms with Gasteiger partial charge in [-0.05, 0) is 23.5 Å². The van der Waals surface area contributed by atoms with E-state index in [0.717, 1.165) is 18.6 Å². The van der Waals surface area contributed by atoms with Gasteiger partial charge in [-0.1, -0.05) is 13.8 Å². The molecule has 0 aliphatic heterocycles. The van der Waals surface area contributed by atoms with Crippen molar-refractivity contribution >= 4 is 18.4 Å². The Bertz CT molecular complexity index is 352. The molecule has 0 spiro atoms. The van der Waals surface area contributed by atoms with Gasteiger partial charge >= 0.3 is 5.82 Å². The lowest BCUT2D eigenvalue weighted by Gasteiger charge is -2.28. The lowest BCUT2D eigenvalue weighted by Crippen LogP contribution is -2.27. The highest BCUT2D eigenvalue weighted by Crippen LogP contribution is 2.29. The molecule has 1 aromatic heterocycles. The van der Waals surface area contributed by atoms with Crippen molar-refractivity contribution in [3.63, 3.8) is 0 Å². The Morgan fingerprint density at radius 3 is 2.56 bits per heavy atom. The first-order valence-corrected chi connectivity index (χ1v) is 5.99. The molecule has 0 aliphatic rings. The highest BCUT2D eigenvalue weighted by molar-refractivity contribution is 7.80. The van der Waals surface area contributed by atoms with Gasteiger partial charge in [0.15, 0.2) is 0 Å². The van der Waals surface area contributed by atoms with Gasteiger partial charge in [-0.2, -0.15) is 17.3 Å². The van der Waals surface area contributed by atoms with Gasteiger partial charge in [0.25, 0.3) is 0 Å². The Morgan fingerprint density at radius 2 is 2.19 bits per heavy atom. The molecular formula is C10H17N3O2S. The van der Waals surface area contributed by atoms with E-state index in [1.165, 1.54) is 6.07 Å². The fraction of sp³-hybridized carbons (Fsp3) is 0.700.